The second-order valence-corrected chi connectivity index (χ2v) is 7.59. The van der Waals surface area contributed by atoms with E-state index in [4.69, 9.17) is 9.72 Å². The third-order valence-electron chi connectivity index (χ3n) is 5.53. The third-order valence-corrected chi connectivity index (χ3v) is 5.53. The summed E-state index contributed by atoms with van der Waals surface area (Å²) in [5.41, 5.74) is 6.31. The van der Waals surface area contributed by atoms with E-state index in [0.29, 0.717) is 6.42 Å². The predicted octanol–water partition coefficient (Wildman–Crippen LogP) is 6.55. The summed E-state index contributed by atoms with van der Waals surface area (Å²) in [6.07, 6.45) is 2.65. The van der Waals surface area contributed by atoms with Crippen LogP contribution in [-0.4, -0.2) is 16.5 Å². The van der Waals surface area contributed by atoms with Gasteiger partial charge in [-0.2, -0.15) is 0 Å². The standard InChI is InChI=1S/C27H20F2N2O/c1-32-24-13-6-19(7-14-24)25-17-31-23(16-18-2-8-21(28)9-3-18)12-15-26(31)27(30-25)20-4-10-22(29)11-5-20/h2-15,17H,16H2,1H3. The van der Waals surface area contributed by atoms with E-state index in [2.05, 4.69) is 4.40 Å². The van der Waals surface area contributed by atoms with E-state index in [-0.39, 0.29) is 11.6 Å². The van der Waals surface area contributed by atoms with Crippen molar-refractivity contribution in [3.63, 3.8) is 0 Å². The largest absolute Gasteiger partial charge is 0.497 e. The molecule has 0 saturated heterocycles. The van der Waals surface area contributed by atoms with Crippen LogP contribution in [0.4, 0.5) is 8.78 Å². The van der Waals surface area contributed by atoms with Crippen molar-refractivity contribution in [2.45, 2.75) is 6.42 Å². The molecular formula is C27H20F2N2O. The van der Waals surface area contributed by atoms with Crippen LogP contribution >= 0.6 is 0 Å². The number of fused-ring (bicyclic) bond motifs is 1. The molecule has 0 radical (unpaired) electrons. The van der Waals surface area contributed by atoms with Crippen LogP contribution in [0.15, 0.2) is 91.1 Å². The summed E-state index contributed by atoms with van der Waals surface area (Å²) in [4.78, 5) is 4.92. The van der Waals surface area contributed by atoms with Gasteiger partial charge in [0.1, 0.15) is 17.4 Å². The van der Waals surface area contributed by atoms with Gasteiger partial charge in [0.15, 0.2) is 0 Å². The van der Waals surface area contributed by atoms with Crippen molar-refractivity contribution in [2.24, 2.45) is 0 Å². The number of rotatable bonds is 5. The molecule has 5 rings (SSSR count). The fourth-order valence-corrected chi connectivity index (χ4v) is 3.84. The molecule has 0 amide bonds. The molecule has 2 heterocycles. The van der Waals surface area contributed by atoms with Gasteiger partial charge in [0.25, 0.3) is 0 Å². The zero-order valence-corrected chi connectivity index (χ0v) is 17.4. The van der Waals surface area contributed by atoms with Crippen molar-refractivity contribution in [1.82, 2.24) is 9.38 Å². The Labute approximate surface area is 184 Å². The molecule has 3 nitrogen and oxygen atoms in total. The first-order valence-corrected chi connectivity index (χ1v) is 10.3. The molecule has 5 heteroatoms. The summed E-state index contributed by atoms with van der Waals surface area (Å²) in [5.74, 6) is 0.230. The van der Waals surface area contributed by atoms with Gasteiger partial charge in [-0.1, -0.05) is 12.1 Å². The average molecular weight is 426 g/mol. The lowest BCUT2D eigenvalue weighted by molar-refractivity contribution is 0.415. The fraction of sp³-hybridized carbons (Fsp3) is 0.0741. The van der Waals surface area contributed by atoms with E-state index >= 15 is 0 Å². The first-order chi connectivity index (χ1) is 15.6. The Kier molecular flexibility index (Phi) is 5.15. The van der Waals surface area contributed by atoms with Crippen LogP contribution in [0.25, 0.3) is 28.0 Å². The molecule has 0 aliphatic heterocycles. The minimum Gasteiger partial charge on any atom is -0.497 e. The van der Waals surface area contributed by atoms with E-state index in [0.717, 1.165) is 45.0 Å². The van der Waals surface area contributed by atoms with Crippen molar-refractivity contribution in [3.05, 3.63) is 114 Å². The summed E-state index contributed by atoms with van der Waals surface area (Å²) in [6, 6.07) is 24.7. The van der Waals surface area contributed by atoms with Gasteiger partial charge in [-0.25, -0.2) is 13.8 Å². The number of ether oxygens (including phenoxy) is 1. The lowest BCUT2D eigenvalue weighted by Crippen LogP contribution is -2.00. The minimum atomic E-state index is -0.288. The summed E-state index contributed by atoms with van der Waals surface area (Å²) >= 11 is 0. The molecule has 3 aromatic carbocycles. The molecule has 0 saturated carbocycles. The van der Waals surface area contributed by atoms with Crippen molar-refractivity contribution < 1.29 is 13.5 Å². The zero-order chi connectivity index (χ0) is 22.1. The molecule has 0 unspecified atom stereocenters. The molecule has 0 aliphatic carbocycles. The molecule has 0 fully saturated rings. The highest BCUT2D eigenvalue weighted by Crippen LogP contribution is 2.30. The Morgan fingerprint density at radius 1 is 0.750 bits per heavy atom. The highest BCUT2D eigenvalue weighted by atomic mass is 19.1. The molecule has 158 valence electrons. The average Bonchev–Trinajstić information content (AvgIpc) is 3.23. The van der Waals surface area contributed by atoms with Crippen LogP contribution < -0.4 is 4.74 Å². The number of hydrogen-bond acceptors (Lipinski definition) is 2. The van der Waals surface area contributed by atoms with Gasteiger partial charge >= 0.3 is 0 Å². The molecule has 0 N–H and O–H groups in total. The van der Waals surface area contributed by atoms with Gasteiger partial charge < -0.3 is 9.14 Å². The van der Waals surface area contributed by atoms with Gasteiger partial charge in [-0.15, -0.1) is 0 Å². The van der Waals surface area contributed by atoms with E-state index < -0.39 is 0 Å². The van der Waals surface area contributed by atoms with Crippen molar-refractivity contribution in [1.29, 1.82) is 0 Å². The summed E-state index contributed by atoms with van der Waals surface area (Å²) in [7, 11) is 1.63. The first kappa shape index (κ1) is 19.9. The Morgan fingerprint density at radius 3 is 2.03 bits per heavy atom. The van der Waals surface area contributed by atoms with Gasteiger partial charge in [-0.05, 0) is 78.4 Å². The van der Waals surface area contributed by atoms with Gasteiger partial charge in [0.2, 0.25) is 0 Å². The van der Waals surface area contributed by atoms with E-state index in [9.17, 15) is 8.78 Å². The molecular weight excluding hydrogens is 406 g/mol. The summed E-state index contributed by atoms with van der Waals surface area (Å²) < 4.78 is 34.3. The van der Waals surface area contributed by atoms with Crippen molar-refractivity contribution in [2.75, 3.05) is 7.11 Å². The van der Waals surface area contributed by atoms with Crippen molar-refractivity contribution >= 4 is 5.52 Å². The molecule has 0 atom stereocenters. The number of methoxy groups -OCH3 is 1. The second-order valence-electron chi connectivity index (χ2n) is 7.59. The predicted molar refractivity (Wildman–Crippen MR) is 122 cm³/mol. The molecule has 0 aliphatic rings. The number of aromatic nitrogens is 2. The monoisotopic (exact) mass is 426 g/mol. The lowest BCUT2D eigenvalue weighted by atomic mass is 10.1. The fourth-order valence-electron chi connectivity index (χ4n) is 3.84. The molecule has 32 heavy (non-hydrogen) atoms. The van der Waals surface area contributed by atoms with Gasteiger partial charge in [-0.3, -0.25) is 0 Å². The highest BCUT2D eigenvalue weighted by Gasteiger charge is 2.14. The van der Waals surface area contributed by atoms with Crippen LogP contribution in [0.2, 0.25) is 0 Å². The smallest absolute Gasteiger partial charge is 0.123 e. The summed E-state index contributed by atoms with van der Waals surface area (Å²) in [6.45, 7) is 0. The Hall–Kier alpha value is -3.99. The topological polar surface area (TPSA) is 26.5 Å². The quantitative estimate of drug-likeness (QED) is 0.319. The number of halogens is 2. The number of nitrogens with zero attached hydrogens (tertiary/aromatic N) is 2. The van der Waals surface area contributed by atoms with Crippen molar-refractivity contribution in [3.8, 4) is 28.3 Å². The molecule has 2 aromatic heterocycles. The Balaban J connectivity index is 1.67. The van der Waals surface area contributed by atoms with E-state index in [1.54, 1.807) is 31.4 Å². The van der Waals surface area contributed by atoms with Crippen LogP contribution in [-0.2, 0) is 6.42 Å². The van der Waals surface area contributed by atoms with E-state index in [1.807, 2.05) is 42.6 Å². The zero-order valence-electron chi connectivity index (χ0n) is 17.4. The second kappa shape index (κ2) is 8.27. The number of hydrogen-bond donors (Lipinski definition) is 0. The van der Waals surface area contributed by atoms with Gasteiger partial charge in [0, 0.05) is 29.4 Å². The third kappa shape index (κ3) is 3.85. The minimum absolute atomic E-state index is 0.252. The lowest BCUT2D eigenvalue weighted by Gasteiger charge is -2.12. The van der Waals surface area contributed by atoms with E-state index in [1.165, 1.54) is 24.3 Å². The maximum atomic E-state index is 13.5. The first-order valence-electron chi connectivity index (χ1n) is 10.3. The van der Waals surface area contributed by atoms with Gasteiger partial charge in [0.05, 0.1) is 24.0 Å². The highest BCUT2D eigenvalue weighted by molar-refractivity contribution is 5.80. The normalized spacial score (nSPS) is 11.1. The SMILES string of the molecule is COc1ccc(-c2cn3c(Cc4ccc(F)cc4)ccc3c(-c3ccc(F)cc3)n2)cc1. The molecule has 0 spiro atoms. The van der Waals surface area contributed by atoms with Crippen LogP contribution in [0.1, 0.15) is 11.3 Å². The van der Waals surface area contributed by atoms with Crippen LogP contribution in [0.3, 0.4) is 0 Å². The summed E-state index contributed by atoms with van der Waals surface area (Å²) in [5, 5.41) is 0. The molecule has 5 aromatic rings. The maximum Gasteiger partial charge on any atom is 0.123 e. The van der Waals surface area contributed by atoms with Crippen LogP contribution in [0, 0.1) is 11.6 Å². The van der Waals surface area contributed by atoms with Crippen LogP contribution in [0.5, 0.6) is 5.75 Å². The Morgan fingerprint density at radius 2 is 1.38 bits per heavy atom. The number of benzene rings is 3. The molecule has 0 bridgehead atoms. The Bertz CT molecular complexity index is 1370. The maximum absolute atomic E-state index is 13.5.